The second-order valence-electron chi connectivity index (χ2n) is 5.79. The van der Waals surface area contributed by atoms with Gasteiger partial charge in [-0.2, -0.15) is 0 Å². The Hall–Kier alpha value is -2.12. The summed E-state index contributed by atoms with van der Waals surface area (Å²) in [6.07, 6.45) is 0. The Bertz CT molecular complexity index is 726. The molecule has 0 atom stereocenters. The van der Waals surface area contributed by atoms with Crippen molar-refractivity contribution in [2.24, 2.45) is 0 Å². The Morgan fingerprint density at radius 2 is 1.43 bits per heavy atom. The predicted octanol–water partition coefficient (Wildman–Crippen LogP) is 5.00. The van der Waals surface area contributed by atoms with E-state index in [4.69, 9.17) is 0 Å². The van der Waals surface area contributed by atoms with Crippen LogP contribution in [0.3, 0.4) is 0 Å². The first kappa shape index (κ1) is 13.8. The predicted molar refractivity (Wildman–Crippen MR) is 91.4 cm³/mol. The van der Waals surface area contributed by atoms with Gasteiger partial charge in [-0.3, -0.25) is 0 Å². The third-order valence-corrected chi connectivity index (χ3v) is 3.75. The van der Waals surface area contributed by atoms with Crippen LogP contribution in [-0.4, -0.2) is 6.04 Å². The molecule has 0 aliphatic rings. The van der Waals surface area contributed by atoms with Gasteiger partial charge in [0, 0.05) is 12.6 Å². The molecule has 1 N–H and O–H groups in total. The fourth-order valence-electron chi connectivity index (χ4n) is 2.51. The fraction of sp³-hybridized carbons (Fsp3) is 0.200. The maximum absolute atomic E-state index is 3.45. The molecule has 0 aliphatic carbocycles. The summed E-state index contributed by atoms with van der Waals surface area (Å²) < 4.78 is 0. The lowest BCUT2D eigenvalue weighted by Gasteiger charge is -2.09. The van der Waals surface area contributed by atoms with Gasteiger partial charge in [-0.25, -0.2) is 0 Å². The number of fused-ring (bicyclic) bond motifs is 1. The molecule has 0 bridgehead atoms. The Morgan fingerprint density at radius 1 is 0.762 bits per heavy atom. The van der Waals surface area contributed by atoms with Crippen molar-refractivity contribution in [2.75, 3.05) is 0 Å². The summed E-state index contributed by atoms with van der Waals surface area (Å²) in [4.78, 5) is 0. The standard InChI is InChI=1S/C20H21N/c1-15(2)21-14-16-7-9-18(10-8-16)20-12-11-17-5-3-4-6-19(17)13-20/h3-13,15,21H,14H2,1-2H3. The zero-order valence-electron chi connectivity index (χ0n) is 12.6. The lowest BCUT2D eigenvalue weighted by molar-refractivity contribution is 0.589. The van der Waals surface area contributed by atoms with Gasteiger partial charge < -0.3 is 5.32 Å². The van der Waals surface area contributed by atoms with Crippen LogP contribution in [0.5, 0.6) is 0 Å². The van der Waals surface area contributed by atoms with Gasteiger partial charge in [0.25, 0.3) is 0 Å². The van der Waals surface area contributed by atoms with Gasteiger partial charge in [-0.05, 0) is 33.5 Å². The molecule has 0 radical (unpaired) electrons. The van der Waals surface area contributed by atoms with Gasteiger partial charge in [0.2, 0.25) is 0 Å². The minimum atomic E-state index is 0.519. The molecule has 0 unspecified atom stereocenters. The van der Waals surface area contributed by atoms with Crippen molar-refractivity contribution >= 4 is 10.8 Å². The molecule has 3 aromatic rings. The molecule has 106 valence electrons. The third kappa shape index (κ3) is 3.32. The van der Waals surface area contributed by atoms with Crippen LogP contribution < -0.4 is 5.32 Å². The van der Waals surface area contributed by atoms with E-state index in [1.165, 1.54) is 27.5 Å². The van der Waals surface area contributed by atoms with Crippen molar-refractivity contribution < 1.29 is 0 Å². The molecule has 0 amide bonds. The third-order valence-electron chi connectivity index (χ3n) is 3.75. The highest BCUT2D eigenvalue weighted by Crippen LogP contribution is 2.24. The topological polar surface area (TPSA) is 12.0 Å². The van der Waals surface area contributed by atoms with Crippen molar-refractivity contribution in [1.29, 1.82) is 0 Å². The lowest BCUT2D eigenvalue weighted by atomic mass is 10.0. The van der Waals surface area contributed by atoms with E-state index < -0.39 is 0 Å². The average Bonchev–Trinajstić information content (AvgIpc) is 2.53. The maximum Gasteiger partial charge on any atom is 0.0207 e. The first-order valence-electron chi connectivity index (χ1n) is 7.54. The van der Waals surface area contributed by atoms with E-state index >= 15 is 0 Å². The second kappa shape index (κ2) is 6.11. The summed E-state index contributed by atoms with van der Waals surface area (Å²) >= 11 is 0. The van der Waals surface area contributed by atoms with Crippen molar-refractivity contribution in [1.82, 2.24) is 5.32 Å². The molecule has 0 saturated heterocycles. The van der Waals surface area contributed by atoms with Gasteiger partial charge in [-0.1, -0.05) is 74.5 Å². The van der Waals surface area contributed by atoms with E-state index in [1.807, 2.05) is 0 Å². The molecule has 3 aromatic carbocycles. The molecule has 0 spiro atoms. The molecule has 0 aromatic heterocycles. The highest BCUT2D eigenvalue weighted by Gasteiger charge is 2.01. The van der Waals surface area contributed by atoms with Crippen molar-refractivity contribution in [2.45, 2.75) is 26.4 Å². The molecule has 0 fully saturated rings. The second-order valence-corrected chi connectivity index (χ2v) is 5.79. The summed E-state index contributed by atoms with van der Waals surface area (Å²) in [6.45, 7) is 5.27. The highest BCUT2D eigenvalue weighted by molar-refractivity contribution is 5.87. The fourth-order valence-corrected chi connectivity index (χ4v) is 2.51. The maximum atomic E-state index is 3.45. The van der Waals surface area contributed by atoms with Crippen LogP contribution in [-0.2, 0) is 6.54 Å². The normalized spacial score (nSPS) is 11.2. The molecule has 0 heterocycles. The van der Waals surface area contributed by atoms with Gasteiger partial charge in [0.1, 0.15) is 0 Å². The van der Waals surface area contributed by atoms with Gasteiger partial charge in [-0.15, -0.1) is 0 Å². The van der Waals surface area contributed by atoms with E-state index in [0.717, 1.165) is 6.54 Å². The van der Waals surface area contributed by atoms with Crippen LogP contribution in [0.2, 0.25) is 0 Å². The summed E-state index contributed by atoms with van der Waals surface area (Å²) in [5.74, 6) is 0. The van der Waals surface area contributed by atoms with Gasteiger partial charge in [0.05, 0.1) is 0 Å². The molecule has 1 nitrogen and oxygen atoms in total. The largest absolute Gasteiger partial charge is 0.310 e. The van der Waals surface area contributed by atoms with Crippen molar-refractivity contribution in [3.8, 4) is 11.1 Å². The highest BCUT2D eigenvalue weighted by atomic mass is 14.9. The van der Waals surface area contributed by atoms with Crippen LogP contribution in [0.25, 0.3) is 21.9 Å². The van der Waals surface area contributed by atoms with Crippen LogP contribution in [0, 0.1) is 0 Å². The monoisotopic (exact) mass is 275 g/mol. The smallest absolute Gasteiger partial charge is 0.0207 e. The van der Waals surface area contributed by atoms with E-state index in [-0.39, 0.29) is 0 Å². The molecule has 21 heavy (non-hydrogen) atoms. The summed E-state index contributed by atoms with van der Waals surface area (Å²) in [7, 11) is 0. The van der Waals surface area contributed by atoms with Gasteiger partial charge in [0.15, 0.2) is 0 Å². The first-order chi connectivity index (χ1) is 10.2. The van der Waals surface area contributed by atoms with Crippen LogP contribution in [0.15, 0.2) is 66.7 Å². The first-order valence-corrected chi connectivity index (χ1v) is 7.54. The van der Waals surface area contributed by atoms with Crippen molar-refractivity contribution in [3.63, 3.8) is 0 Å². The molecule has 1 heteroatoms. The SMILES string of the molecule is CC(C)NCc1ccc(-c2ccc3ccccc3c2)cc1. The molecule has 3 rings (SSSR count). The number of nitrogens with one attached hydrogen (secondary N) is 1. The number of benzene rings is 3. The van der Waals surface area contributed by atoms with Crippen LogP contribution in [0.4, 0.5) is 0 Å². The van der Waals surface area contributed by atoms with E-state index in [9.17, 15) is 0 Å². The molecule has 0 aliphatic heterocycles. The lowest BCUT2D eigenvalue weighted by Crippen LogP contribution is -2.21. The van der Waals surface area contributed by atoms with Crippen molar-refractivity contribution in [3.05, 3.63) is 72.3 Å². The number of rotatable bonds is 4. The molecule has 0 saturated carbocycles. The Morgan fingerprint density at radius 3 is 2.14 bits per heavy atom. The number of hydrogen-bond acceptors (Lipinski definition) is 1. The molecular formula is C20H21N. The van der Waals surface area contributed by atoms with E-state index in [2.05, 4.69) is 85.9 Å². The van der Waals surface area contributed by atoms with Gasteiger partial charge >= 0.3 is 0 Å². The van der Waals surface area contributed by atoms with E-state index in [1.54, 1.807) is 0 Å². The van der Waals surface area contributed by atoms with Crippen LogP contribution >= 0.6 is 0 Å². The summed E-state index contributed by atoms with van der Waals surface area (Å²) in [5.41, 5.74) is 3.87. The quantitative estimate of drug-likeness (QED) is 0.706. The Labute approximate surface area is 126 Å². The molecular weight excluding hydrogens is 254 g/mol. The minimum absolute atomic E-state index is 0.519. The Balaban J connectivity index is 1.85. The summed E-state index contributed by atoms with van der Waals surface area (Å²) in [6, 6.07) is 24.5. The van der Waals surface area contributed by atoms with E-state index in [0.29, 0.717) is 6.04 Å². The average molecular weight is 275 g/mol. The summed E-state index contributed by atoms with van der Waals surface area (Å²) in [5, 5.41) is 6.03. The zero-order chi connectivity index (χ0) is 14.7. The van der Waals surface area contributed by atoms with Crippen LogP contribution in [0.1, 0.15) is 19.4 Å². The zero-order valence-corrected chi connectivity index (χ0v) is 12.6. The Kier molecular flexibility index (Phi) is 4.03. The minimum Gasteiger partial charge on any atom is -0.310 e. The number of hydrogen-bond donors (Lipinski definition) is 1.